The molecule has 0 unspecified atom stereocenters. The lowest BCUT2D eigenvalue weighted by Crippen LogP contribution is -2.13. The van der Waals surface area contributed by atoms with Crippen LogP contribution in [0.4, 0.5) is 11.4 Å². The monoisotopic (exact) mass is 320 g/mol. The zero-order valence-corrected chi connectivity index (χ0v) is 12.2. The predicted octanol–water partition coefficient (Wildman–Crippen LogP) is 3.52. The number of carbonyl (C=O) groups is 1. The number of rotatable bonds is 6. The van der Waals surface area contributed by atoms with Gasteiger partial charge in [0.1, 0.15) is 6.61 Å². The first kappa shape index (κ1) is 15.8. The molecule has 0 aliphatic heterocycles. The van der Waals surface area contributed by atoms with Crippen LogP contribution >= 0.6 is 11.6 Å². The van der Waals surface area contributed by atoms with Crippen LogP contribution in [-0.2, 0) is 4.74 Å². The van der Waals surface area contributed by atoms with Crippen LogP contribution in [0.15, 0.2) is 48.5 Å². The van der Waals surface area contributed by atoms with Crippen LogP contribution in [0.1, 0.15) is 10.4 Å². The van der Waals surface area contributed by atoms with E-state index < -0.39 is 10.9 Å². The van der Waals surface area contributed by atoms with Gasteiger partial charge in [0.2, 0.25) is 0 Å². The molecule has 0 radical (unpaired) electrons. The van der Waals surface area contributed by atoms with Crippen LogP contribution in [0.3, 0.4) is 0 Å². The number of carbonyl (C=O) groups excluding carboxylic acids is 1. The van der Waals surface area contributed by atoms with Crippen molar-refractivity contribution in [2.75, 3.05) is 18.5 Å². The summed E-state index contributed by atoms with van der Waals surface area (Å²) < 4.78 is 5.10. The number of nitro benzene ring substituents is 1. The van der Waals surface area contributed by atoms with E-state index >= 15 is 0 Å². The lowest BCUT2D eigenvalue weighted by Gasteiger charge is -2.07. The molecular weight excluding hydrogens is 308 g/mol. The minimum absolute atomic E-state index is 0.0259. The number of nitro groups is 1. The van der Waals surface area contributed by atoms with E-state index in [0.29, 0.717) is 22.8 Å². The molecule has 0 fully saturated rings. The average molecular weight is 321 g/mol. The summed E-state index contributed by atoms with van der Waals surface area (Å²) in [5, 5.41) is 14.0. The molecule has 0 spiro atoms. The SMILES string of the molecule is O=C(OCCNc1ccc([N+](=O)[O-])cc1)c1cccc(Cl)c1. The molecule has 0 aliphatic carbocycles. The van der Waals surface area contributed by atoms with E-state index in [9.17, 15) is 14.9 Å². The van der Waals surface area contributed by atoms with Gasteiger partial charge in [-0.15, -0.1) is 0 Å². The topological polar surface area (TPSA) is 81.5 Å². The molecule has 2 aromatic rings. The minimum atomic E-state index is -0.462. The summed E-state index contributed by atoms with van der Waals surface area (Å²) in [6.45, 7) is 0.562. The number of hydrogen-bond donors (Lipinski definition) is 1. The van der Waals surface area contributed by atoms with Gasteiger partial charge in [0.25, 0.3) is 5.69 Å². The number of nitrogens with zero attached hydrogens (tertiary/aromatic N) is 1. The zero-order chi connectivity index (χ0) is 15.9. The van der Waals surface area contributed by atoms with Gasteiger partial charge in [0.05, 0.1) is 10.5 Å². The molecule has 114 valence electrons. The summed E-state index contributed by atoms with van der Waals surface area (Å²) in [5.74, 6) is -0.451. The van der Waals surface area contributed by atoms with E-state index in [0.717, 1.165) is 0 Å². The maximum Gasteiger partial charge on any atom is 0.338 e. The molecule has 0 saturated heterocycles. The summed E-state index contributed by atoms with van der Waals surface area (Å²) in [6, 6.07) is 12.5. The van der Waals surface area contributed by atoms with Crippen molar-refractivity contribution >= 4 is 28.9 Å². The Morgan fingerprint density at radius 3 is 2.59 bits per heavy atom. The lowest BCUT2D eigenvalue weighted by molar-refractivity contribution is -0.384. The van der Waals surface area contributed by atoms with Gasteiger partial charge in [-0.25, -0.2) is 4.79 Å². The number of ether oxygens (including phenoxy) is 1. The van der Waals surface area contributed by atoms with Crippen LogP contribution in [0.5, 0.6) is 0 Å². The Labute approximate surface area is 131 Å². The highest BCUT2D eigenvalue weighted by Gasteiger charge is 2.07. The summed E-state index contributed by atoms with van der Waals surface area (Å²) in [4.78, 5) is 21.8. The van der Waals surface area contributed by atoms with Crippen molar-refractivity contribution in [1.29, 1.82) is 0 Å². The maximum atomic E-state index is 11.7. The molecule has 6 nitrogen and oxygen atoms in total. The summed E-state index contributed by atoms with van der Waals surface area (Å²) in [6.07, 6.45) is 0. The number of halogens is 1. The third-order valence-corrected chi connectivity index (χ3v) is 3.04. The van der Waals surface area contributed by atoms with Gasteiger partial charge in [0.15, 0.2) is 0 Å². The summed E-state index contributed by atoms with van der Waals surface area (Å²) in [5.41, 5.74) is 1.13. The van der Waals surface area contributed by atoms with Crippen LogP contribution in [0, 0.1) is 10.1 Å². The molecule has 0 atom stereocenters. The highest BCUT2D eigenvalue weighted by molar-refractivity contribution is 6.30. The Morgan fingerprint density at radius 2 is 1.95 bits per heavy atom. The van der Waals surface area contributed by atoms with Crippen LogP contribution < -0.4 is 5.32 Å². The van der Waals surface area contributed by atoms with E-state index in [4.69, 9.17) is 16.3 Å². The second-order valence-corrected chi connectivity index (χ2v) is 4.81. The smallest absolute Gasteiger partial charge is 0.338 e. The van der Waals surface area contributed by atoms with Gasteiger partial charge in [0, 0.05) is 29.4 Å². The molecular formula is C15H13ClN2O4. The summed E-state index contributed by atoms with van der Waals surface area (Å²) in [7, 11) is 0. The van der Waals surface area contributed by atoms with Crippen molar-refractivity contribution in [1.82, 2.24) is 0 Å². The van der Waals surface area contributed by atoms with E-state index in [1.165, 1.54) is 18.2 Å². The molecule has 22 heavy (non-hydrogen) atoms. The highest BCUT2D eigenvalue weighted by Crippen LogP contribution is 2.15. The predicted molar refractivity (Wildman–Crippen MR) is 83.3 cm³/mol. The third kappa shape index (κ3) is 4.46. The normalized spacial score (nSPS) is 10.0. The second-order valence-electron chi connectivity index (χ2n) is 4.38. The Hall–Kier alpha value is -2.60. The molecule has 0 aliphatic rings. The van der Waals surface area contributed by atoms with Crippen molar-refractivity contribution in [2.45, 2.75) is 0 Å². The van der Waals surface area contributed by atoms with Gasteiger partial charge in [-0.05, 0) is 30.3 Å². The lowest BCUT2D eigenvalue weighted by atomic mass is 10.2. The minimum Gasteiger partial charge on any atom is -0.460 e. The van der Waals surface area contributed by atoms with Gasteiger partial charge in [-0.1, -0.05) is 17.7 Å². The molecule has 2 aromatic carbocycles. The molecule has 0 heterocycles. The van der Waals surface area contributed by atoms with Crippen molar-refractivity contribution in [3.05, 3.63) is 69.2 Å². The van der Waals surface area contributed by atoms with Crippen molar-refractivity contribution in [3.63, 3.8) is 0 Å². The molecule has 7 heteroatoms. The molecule has 0 aromatic heterocycles. The second kappa shape index (κ2) is 7.42. The fourth-order valence-electron chi connectivity index (χ4n) is 1.74. The molecule has 2 rings (SSSR count). The number of esters is 1. The Bertz CT molecular complexity index is 673. The molecule has 0 bridgehead atoms. The molecule has 1 N–H and O–H groups in total. The average Bonchev–Trinajstić information content (AvgIpc) is 2.51. The fourth-order valence-corrected chi connectivity index (χ4v) is 1.93. The number of anilines is 1. The van der Waals surface area contributed by atoms with E-state index in [-0.39, 0.29) is 12.3 Å². The van der Waals surface area contributed by atoms with E-state index in [1.807, 2.05) is 0 Å². The first-order valence-corrected chi connectivity index (χ1v) is 6.85. The largest absolute Gasteiger partial charge is 0.460 e. The summed E-state index contributed by atoms with van der Waals surface area (Å²) >= 11 is 5.80. The number of nitrogens with one attached hydrogen (secondary N) is 1. The van der Waals surface area contributed by atoms with Gasteiger partial charge in [-0.2, -0.15) is 0 Å². The quantitative estimate of drug-likeness (QED) is 0.381. The Morgan fingerprint density at radius 1 is 1.23 bits per heavy atom. The van der Waals surface area contributed by atoms with Gasteiger partial charge < -0.3 is 10.1 Å². The van der Waals surface area contributed by atoms with Crippen LogP contribution in [0.2, 0.25) is 5.02 Å². The Balaban J connectivity index is 1.77. The van der Waals surface area contributed by atoms with Crippen LogP contribution in [-0.4, -0.2) is 24.0 Å². The molecule has 0 amide bonds. The maximum absolute atomic E-state index is 11.7. The van der Waals surface area contributed by atoms with E-state index in [1.54, 1.807) is 30.3 Å². The van der Waals surface area contributed by atoms with Gasteiger partial charge in [-0.3, -0.25) is 10.1 Å². The third-order valence-electron chi connectivity index (χ3n) is 2.80. The zero-order valence-electron chi connectivity index (χ0n) is 11.5. The van der Waals surface area contributed by atoms with Crippen LogP contribution in [0.25, 0.3) is 0 Å². The number of hydrogen-bond acceptors (Lipinski definition) is 5. The Kier molecular flexibility index (Phi) is 5.32. The molecule has 0 saturated carbocycles. The standard InChI is InChI=1S/C15H13ClN2O4/c16-12-3-1-2-11(10-12)15(19)22-9-8-17-13-4-6-14(7-5-13)18(20)21/h1-7,10,17H,8-9H2. The number of non-ortho nitro benzene ring substituents is 1. The van der Waals surface area contributed by atoms with Gasteiger partial charge >= 0.3 is 5.97 Å². The number of benzene rings is 2. The van der Waals surface area contributed by atoms with E-state index in [2.05, 4.69) is 5.32 Å². The highest BCUT2D eigenvalue weighted by atomic mass is 35.5. The first-order valence-electron chi connectivity index (χ1n) is 6.47. The van der Waals surface area contributed by atoms with Crippen molar-refractivity contribution < 1.29 is 14.5 Å². The first-order chi connectivity index (χ1) is 10.6. The van der Waals surface area contributed by atoms with Crippen molar-refractivity contribution in [3.8, 4) is 0 Å². The fraction of sp³-hybridized carbons (Fsp3) is 0.133. The van der Waals surface area contributed by atoms with Crippen molar-refractivity contribution in [2.24, 2.45) is 0 Å².